The predicted molar refractivity (Wildman–Crippen MR) is 86.2 cm³/mol. The molecule has 1 N–H and O–H groups in total. The molecule has 6 nitrogen and oxygen atoms in total. The smallest absolute Gasteiger partial charge is 0.410 e. The van der Waals surface area contributed by atoms with E-state index in [0.29, 0.717) is 25.2 Å². The van der Waals surface area contributed by atoms with Gasteiger partial charge in [-0.15, -0.1) is 0 Å². The monoisotopic (exact) mass is 320 g/mol. The Hall–Kier alpha value is -2.08. The molecule has 6 heteroatoms. The molecule has 1 aliphatic rings. The van der Waals surface area contributed by atoms with Gasteiger partial charge in [0.05, 0.1) is 12.7 Å². The number of nitrogens with one attached hydrogen (secondary N) is 1. The predicted octanol–water partition coefficient (Wildman–Crippen LogP) is 2.18. The number of hydrogen-bond donors (Lipinski definition) is 1. The summed E-state index contributed by atoms with van der Waals surface area (Å²) in [6.45, 7) is 7.56. The van der Waals surface area contributed by atoms with Crippen molar-refractivity contribution in [3.05, 3.63) is 35.4 Å². The summed E-state index contributed by atoms with van der Waals surface area (Å²) >= 11 is 0. The van der Waals surface area contributed by atoms with Gasteiger partial charge in [0.25, 0.3) is 0 Å². The average Bonchev–Trinajstić information content (AvgIpc) is 2.43. The van der Waals surface area contributed by atoms with Crippen LogP contribution in [0.3, 0.4) is 0 Å². The zero-order valence-corrected chi connectivity index (χ0v) is 14.1. The molecule has 0 unspecified atom stereocenters. The summed E-state index contributed by atoms with van der Waals surface area (Å²) in [4.78, 5) is 24.9. The minimum Gasteiger partial charge on any atom is -0.465 e. The van der Waals surface area contributed by atoms with Gasteiger partial charge in [-0.05, 0) is 38.5 Å². The van der Waals surface area contributed by atoms with Crippen molar-refractivity contribution in [3.8, 4) is 0 Å². The Morgan fingerprint density at radius 2 is 1.83 bits per heavy atom. The first kappa shape index (κ1) is 17.3. The van der Waals surface area contributed by atoms with Crippen molar-refractivity contribution in [2.75, 3.05) is 20.2 Å². The third-order valence-electron chi connectivity index (χ3n) is 3.50. The van der Waals surface area contributed by atoms with Gasteiger partial charge >= 0.3 is 12.1 Å². The summed E-state index contributed by atoms with van der Waals surface area (Å²) in [5.41, 5.74) is 1.15. The van der Waals surface area contributed by atoms with Gasteiger partial charge in [-0.2, -0.15) is 0 Å². The summed E-state index contributed by atoms with van der Waals surface area (Å²) in [5, 5.41) is 3.38. The summed E-state index contributed by atoms with van der Waals surface area (Å²) in [6.07, 6.45) is -0.266. The van der Waals surface area contributed by atoms with Crippen LogP contribution in [0.25, 0.3) is 0 Å². The largest absolute Gasteiger partial charge is 0.465 e. The second-order valence-electron chi connectivity index (χ2n) is 6.65. The molecule has 0 aliphatic carbocycles. The van der Waals surface area contributed by atoms with E-state index in [1.54, 1.807) is 17.0 Å². The number of carbonyl (C=O) groups is 2. The van der Waals surface area contributed by atoms with Gasteiger partial charge in [0.1, 0.15) is 5.60 Å². The molecule has 1 fully saturated rings. The first-order chi connectivity index (χ1) is 10.8. The number of rotatable bonds is 4. The molecule has 1 aromatic rings. The Balaban J connectivity index is 1.72. The quantitative estimate of drug-likeness (QED) is 0.861. The lowest BCUT2D eigenvalue weighted by Crippen LogP contribution is -2.60. The van der Waals surface area contributed by atoms with Crippen LogP contribution in [0.15, 0.2) is 24.3 Å². The number of hydrogen-bond acceptors (Lipinski definition) is 5. The molecule has 1 aliphatic heterocycles. The SMILES string of the molecule is COC(=O)c1ccc(CNC2CN(C(=O)OC(C)(C)C)C2)cc1. The zero-order chi connectivity index (χ0) is 17.0. The summed E-state index contributed by atoms with van der Waals surface area (Å²) in [7, 11) is 1.37. The van der Waals surface area contributed by atoms with Crippen molar-refractivity contribution < 1.29 is 19.1 Å². The average molecular weight is 320 g/mol. The second-order valence-corrected chi connectivity index (χ2v) is 6.65. The molecule has 1 aromatic carbocycles. The molecule has 2 rings (SSSR count). The summed E-state index contributed by atoms with van der Waals surface area (Å²) in [5.74, 6) is -0.337. The van der Waals surface area contributed by atoms with Crippen LogP contribution in [0.1, 0.15) is 36.7 Å². The fourth-order valence-corrected chi connectivity index (χ4v) is 2.22. The Morgan fingerprint density at radius 3 is 2.35 bits per heavy atom. The minimum atomic E-state index is -0.461. The topological polar surface area (TPSA) is 67.9 Å². The molecule has 1 heterocycles. The van der Waals surface area contributed by atoms with Gasteiger partial charge in [0.15, 0.2) is 0 Å². The lowest BCUT2D eigenvalue weighted by molar-refractivity contribution is 0.00518. The minimum absolute atomic E-state index is 0.266. The number of methoxy groups -OCH3 is 1. The van der Waals surface area contributed by atoms with E-state index in [9.17, 15) is 9.59 Å². The number of esters is 1. The van der Waals surface area contributed by atoms with Crippen LogP contribution in [0.5, 0.6) is 0 Å². The molecule has 0 spiro atoms. The molecule has 0 atom stereocenters. The van der Waals surface area contributed by atoms with Crippen molar-refractivity contribution in [3.63, 3.8) is 0 Å². The highest BCUT2D eigenvalue weighted by atomic mass is 16.6. The van der Waals surface area contributed by atoms with Crippen molar-refractivity contribution in [1.29, 1.82) is 0 Å². The lowest BCUT2D eigenvalue weighted by Gasteiger charge is -2.40. The Labute approximate surface area is 136 Å². The molecule has 0 bridgehead atoms. The molecule has 23 heavy (non-hydrogen) atoms. The molecule has 1 amide bonds. The normalized spacial score (nSPS) is 15.0. The summed E-state index contributed by atoms with van der Waals surface area (Å²) in [6, 6.07) is 7.54. The Kier molecular flexibility index (Phi) is 5.26. The fourth-order valence-electron chi connectivity index (χ4n) is 2.22. The molecule has 0 aromatic heterocycles. The molecule has 1 saturated heterocycles. The van der Waals surface area contributed by atoms with Gasteiger partial charge in [0.2, 0.25) is 0 Å². The van der Waals surface area contributed by atoms with Crippen molar-refractivity contribution in [1.82, 2.24) is 10.2 Å². The van der Waals surface area contributed by atoms with Gasteiger partial charge in [0, 0.05) is 25.7 Å². The van der Waals surface area contributed by atoms with Crippen LogP contribution in [-0.4, -0.2) is 48.8 Å². The van der Waals surface area contributed by atoms with Crippen LogP contribution in [0.4, 0.5) is 4.79 Å². The maximum Gasteiger partial charge on any atom is 0.410 e. The molecule has 0 radical (unpaired) electrons. The number of nitrogens with zero attached hydrogens (tertiary/aromatic N) is 1. The van der Waals surface area contributed by atoms with Crippen LogP contribution >= 0.6 is 0 Å². The van der Waals surface area contributed by atoms with Crippen LogP contribution in [0, 0.1) is 0 Å². The molecule has 0 saturated carbocycles. The van der Waals surface area contributed by atoms with E-state index >= 15 is 0 Å². The van der Waals surface area contributed by atoms with E-state index < -0.39 is 5.60 Å². The van der Waals surface area contributed by atoms with Gasteiger partial charge < -0.3 is 19.7 Å². The maximum absolute atomic E-state index is 11.8. The van der Waals surface area contributed by atoms with E-state index in [0.717, 1.165) is 5.56 Å². The van der Waals surface area contributed by atoms with Crippen LogP contribution in [-0.2, 0) is 16.0 Å². The van der Waals surface area contributed by atoms with Crippen molar-refractivity contribution in [2.24, 2.45) is 0 Å². The Morgan fingerprint density at radius 1 is 1.22 bits per heavy atom. The van der Waals surface area contributed by atoms with Crippen molar-refractivity contribution >= 4 is 12.1 Å². The fraction of sp³-hybridized carbons (Fsp3) is 0.529. The van der Waals surface area contributed by atoms with E-state index in [4.69, 9.17) is 4.74 Å². The number of ether oxygens (including phenoxy) is 2. The third-order valence-corrected chi connectivity index (χ3v) is 3.50. The van der Waals surface area contributed by atoms with E-state index in [1.165, 1.54) is 7.11 Å². The van der Waals surface area contributed by atoms with Crippen LogP contribution < -0.4 is 5.32 Å². The molecular weight excluding hydrogens is 296 g/mol. The lowest BCUT2D eigenvalue weighted by atomic mass is 10.1. The van der Waals surface area contributed by atoms with E-state index in [2.05, 4.69) is 10.1 Å². The van der Waals surface area contributed by atoms with Gasteiger partial charge in [-0.25, -0.2) is 9.59 Å². The van der Waals surface area contributed by atoms with E-state index in [-0.39, 0.29) is 18.1 Å². The second kappa shape index (κ2) is 7.00. The molecular formula is C17H24N2O4. The first-order valence-electron chi connectivity index (χ1n) is 7.67. The van der Waals surface area contributed by atoms with Gasteiger partial charge in [-0.3, -0.25) is 0 Å². The zero-order valence-electron chi connectivity index (χ0n) is 14.1. The first-order valence-corrected chi connectivity index (χ1v) is 7.67. The highest BCUT2D eigenvalue weighted by molar-refractivity contribution is 5.89. The van der Waals surface area contributed by atoms with Crippen molar-refractivity contribution in [2.45, 2.75) is 39.0 Å². The van der Waals surface area contributed by atoms with E-state index in [1.807, 2.05) is 32.9 Å². The Bertz CT molecular complexity index is 557. The number of carbonyl (C=O) groups excluding carboxylic acids is 2. The van der Waals surface area contributed by atoms with Gasteiger partial charge in [-0.1, -0.05) is 12.1 Å². The van der Waals surface area contributed by atoms with Crippen LogP contribution in [0.2, 0.25) is 0 Å². The maximum atomic E-state index is 11.8. The standard InChI is InChI=1S/C17H24N2O4/c1-17(2,3)23-16(21)19-10-14(11-19)18-9-12-5-7-13(8-6-12)15(20)22-4/h5-8,14,18H,9-11H2,1-4H3. The third kappa shape index (κ3) is 4.96. The highest BCUT2D eigenvalue weighted by Gasteiger charge is 2.33. The number of benzene rings is 1. The number of likely N-dealkylation sites (tertiary alicyclic amines) is 1. The highest BCUT2D eigenvalue weighted by Crippen LogP contribution is 2.15. The molecule has 126 valence electrons. The number of amides is 1. The summed E-state index contributed by atoms with van der Waals surface area (Å²) < 4.78 is 9.98.